The van der Waals surface area contributed by atoms with Crippen molar-refractivity contribution in [2.75, 3.05) is 20.1 Å². The van der Waals surface area contributed by atoms with E-state index in [0.717, 1.165) is 16.3 Å². The third-order valence-electron chi connectivity index (χ3n) is 6.29. The first-order valence-corrected chi connectivity index (χ1v) is 13.8. The summed E-state index contributed by atoms with van der Waals surface area (Å²) in [5, 5.41) is 19.9. The number of carbonyl (C=O) groups is 2. The van der Waals surface area contributed by atoms with Crippen molar-refractivity contribution in [3.63, 3.8) is 0 Å². The van der Waals surface area contributed by atoms with Crippen molar-refractivity contribution in [3.05, 3.63) is 87.4 Å². The lowest BCUT2D eigenvalue weighted by Crippen LogP contribution is -2.48. The van der Waals surface area contributed by atoms with Gasteiger partial charge in [0.2, 0.25) is 0 Å². The average Bonchev–Trinajstić information content (AvgIpc) is 3.67. The molecule has 4 rings (SSSR count). The Hall–Kier alpha value is -3.51. The van der Waals surface area contributed by atoms with Gasteiger partial charge in [-0.1, -0.05) is 48.2 Å². The fraction of sp³-hybridized carbons (Fsp3) is 0.367. The number of aliphatic hydroxyl groups is 1. The van der Waals surface area contributed by atoms with Gasteiger partial charge in [-0.25, -0.2) is 4.98 Å². The van der Waals surface area contributed by atoms with E-state index in [1.165, 1.54) is 24.2 Å². The third-order valence-corrected chi connectivity index (χ3v) is 7.24. The highest BCUT2D eigenvalue weighted by Gasteiger charge is 2.23. The van der Waals surface area contributed by atoms with Crippen LogP contribution in [0.3, 0.4) is 0 Å². The number of aryl methyl sites for hydroxylation is 1. The van der Waals surface area contributed by atoms with E-state index in [1.807, 2.05) is 42.6 Å². The number of nitrogens with zero attached hydrogens (tertiary/aromatic N) is 2. The number of amides is 2. The molecule has 0 spiro atoms. The summed E-state index contributed by atoms with van der Waals surface area (Å²) in [4.78, 5) is 32.3. The molecule has 0 bridgehead atoms. The summed E-state index contributed by atoms with van der Waals surface area (Å²) in [5.74, 6) is 6.30. The monoisotopic (exact) mass is 530 g/mol. The maximum Gasteiger partial charge on any atom is 0.253 e. The summed E-state index contributed by atoms with van der Waals surface area (Å²) in [6.45, 7) is 3.12. The molecular weight excluding hydrogens is 496 g/mol. The highest BCUT2D eigenvalue weighted by molar-refractivity contribution is 7.09. The van der Waals surface area contributed by atoms with Crippen LogP contribution in [0.1, 0.15) is 49.8 Å². The van der Waals surface area contributed by atoms with Crippen LogP contribution in [0, 0.1) is 24.7 Å². The Balaban J connectivity index is 1.40. The van der Waals surface area contributed by atoms with Crippen molar-refractivity contribution in [2.24, 2.45) is 5.92 Å². The predicted molar refractivity (Wildman–Crippen MR) is 150 cm³/mol. The standard InChI is InChI=1S/C30H34N4O3S/c1-21-20-38-28(32-21)19-34(2)30(37)25-12-6-11-24(17-25)29(36)33-26(16-23-8-4-3-5-9-23)27(35)18-31-15-7-10-22-13-14-22/h3-6,8-9,11-12,17,20,22,26-27,31,35H,13-16,18-19H2,1-2H3,(H,33,36)/t26-,27+/m0/s1. The van der Waals surface area contributed by atoms with Gasteiger partial charge in [-0.2, -0.15) is 0 Å². The van der Waals surface area contributed by atoms with Gasteiger partial charge in [0.05, 0.1) is 25.2 Å². The quantitative estimate of drug-likeness (QED) is 0.261. The van der Waals surface area contributed by atoms with Crippen LogP contribution in [0.15, 0.2) is 60.0 Å². The lowest BCUT2D eigenvalue weighted by molar-refractivity contribution is 0.0784. The van der Waals surface area contributed by atoms with Gasteiger partial charge in [-0.3, -0.25) is 9.59 Å². The summed E-state index contributed by atoms with van der Waals surface area (Å²) in [5.41, 5.74) is 2.72. The highest BCUT2D eigenvalue weighted by Crippen LogP contribution is 2.27. The van der Waals surface area contributed by atoms with Crippen LogP contribution < -0.4 is 10.6 Å². The van der Waals surface area contributed by atoms with E-state index in [4.69, 9.17) is 0 Å². The Kier molecular flexibility index (Phi) is 9.66. The van der Waals surface area contributed by atoms with Gasteiger partial charge < -0.3 is 20.6 Å². The molecule has 8 heteroatoms. The first kappa shape index (κ1) is 27.5. The van der Waals surface area contributed by atoms with Crippen LogP contribution in [0.4, 0.5) is 0 Å². The van der Waals surface area contributed by atoms with Gasteiger partial charge in [0.25, 0.3) is 11.8 Å². The van der Waals surface area contributed by atoms with E-state index >= 15 is 0 Å². The largest absolute Gasteiger partial charge is 0.390 e. The molecule has 1 aromatic heterocycles. The molecule has 0 saturated heterocycles. The van der Waals surface area contributed by atoms with Crippen molar-refractivity contribution in [1.82, 2.24) is 20.5 Å². The Morgan fingerprint density at radius 3 is 2.63 bits per heavy atom. The molecular formula is C30H34N4O3S. The molecule has 0 aliphatic heterocycles. The summed E-state index contributed by atoms with van der Waals surface area (Å²) in [7, 11) is 1.72. The third kappa shape index (κ3) is 8.25. The lowest BCUT2D eigenvalue weighted by atomic mass is 10.00. The molecule has 1 aliphatic rings. The number of benzene rings is 2. The van der Waals surface area contributed by atoms with Gasteiger partial charge in [-0.05, 0) is 49.9 Å². The topological polar surface area (TPSA) is 94.6 Å². The SMILES string of the molecule is Cc1csc(CN(C)C(=O)c2cccc(C(=O)N[C@@H](Cc3ccccc3)[C@H](O)CNCC#CC3CC3)c2)n1. The molecule has 1 fully saturated rings. The van der Waals surface area contributed by atoms with E-state index in [9.17, 15) is 14.7 Å². The Labute approximate surface area is 228 Å². The molecule has 0 radical (unpaired) electrons. The second-order valence-corrected chi connectivity index (χ2v) is 10.6. The van der Waals surface area contributed by atoms with Gasteiger partial charge in [0.15, 0.2) is 0 Å². The second-order valence-electron chi connectivity index (χ2n) is 9.69. The second kappa shape index (κ2) is 13.3. The maximum atomic E-state index is 13.2. The van der Waals surface area contributed by atoms with Gasteiger partial charge in [0, 0.05) is 41.7 Å². The fourth-order valence-corrected chi connectivity index (χ4v) is 4.84. The Morgan fingerprint density at radius 1 is 1.16 bits per heavy atom. The Morgan fingerprint density at radius 2 is 1.92 bits per heavy atom. The normalized spacial score (nSPS) is 14.2. The molecule has 2 atom stereocenters. The number of hydrogen-bond donors (Lipinski definition) is 3. The first-order chi connectivity index (χ1) is 18.4. The van der Waals surface area contributed by atoms with Gasteiger partial charge >= 0.3 is 0 Å². The van der Waals surface area contributed by atoms with Crippen LogP contribution in [-0.2, 0) is 13.0 Å². The summed E-state index contributed by atoms with van der Waals surface area (Å²) in [6, 6.07) is 15.9. The number of carbonyl (C=O) groups excluding carboxylic acids is 2. The molecule has 0 unspecified atom stereocenters. The van der Waals surface area contributed by atoms with E-state index < -0.39 is 12.1 Å². The molecule has 1 saturated carbocycles. The van der Waals surface area contributed by atoms with E-state index in [1.54, 1.807) is 36.2 Å². The molecule has 1 heterocycles. The molecule has 7 nitrogen and oxygen atoms in total. The van der Waals surface area contributed by atoms with E-state index in [0.29, 0.717) is 43.1 Å². The number of thiazole rings is 1. The van der Waals surface area contributed by atoms with Crippen molar-refractivity contribution in [3.8, 4) is 11.8 Å². The predicted octanol–water partition coefficient (Wildman–Crippen LogP) is 3.43. The highest BCUT2D eigenvalue weighted by atomic mass is 32.1. The molecule has 3 aromatic rings. The number of nitrogens with one attached hydrogen (secondary N) is 2. The smallest absolute Gasteiger partial charge is 0.253 e. The zero-order valence-electron chi connectivity index (χ0n) is 21.8. The summed E-state index contributed by atoms with van der Waals surface area (Å²) >= 11 is 1.52. The van der Waals surface area contributed by atoms with Crippen LogP contribution in [-0.4, -0.2) is 59.1 Å². The molecule has 198 valence electrons. The maximum absolute atomic E-state index is 13.2. The number of aromatic nitrogens is 1. The lowest BCUT2D eigenvalue weighted by Gasteiger charge is -2.25. The van der Waals surface area contributed by atoms with Crippen LogP contribution in [0.2, 0.25) is 0 Å². The summed E-state index contributed by atoms with van der Waals surface area (Å²) in [6.07, 6.45) is 2.00. The molecule has 3 N–H and O–H groups in total. The van der Waals surface area contributed by atoms with Crippen molar-refractivity contribution >= 4 is 23.2 Å². The van der Waals surface area contributed by atoms with Gasteiger partial charge in [-0.15, -0.1) is 11.3 Å². The summed E-state index contributed by atoms with van der Waals surface area (Å²) < 4.78 is 0. The minimum atomic E-state index is -0.820. The molecule has 38 heavy (non-hydrogen) atoms. The fourth-order valence-electron chi connectivity index (χ4n) is 4.01. The first-order valence-electron chi connectivity index (χ1n) is 12.9. The van der Waals surface area contributed by atoms with Gasteiger partial charge in [0.1, 0.15) is 5.01 Å². The van der Waals surface area contributed by atoms with Crippen molar-refractivity contribution < 1.29 is 14.7 Å². The van der Waals surface area contributed by atoms with Crippen molar-refractivity contribution in [2.45, 2.75) is 44.9 Å². The number of aliphatic hydroxyl groups excluding tert-OH is 1. The van der Waals surface area contributed by atoms with Crippen LogP contribution in [0.5, 0.6) is 0 Å². The molecule has 2 aromatic carbocycles. The van der Waals surface area contributed by atoms with Crippen LogP contribution >= 0.6 is 11.3 Å². The number of hydrogen-bond acceptors (Lipinski definition) is 6. The average molecular weight is 531 g/mol. The minimum Gasteiger partial charge on any atom is -0.390 e. The molecule has 1 aliphatic carbocycles. The van der Waals surface area contributed by atoms with E-state index in [-0.39, 0.29) is 11.8 Å². The Bertz CT molecular complexity index is 1290. The van der Waals surface area contributed by atoms with E-state index in [2.05, 4.69) is 27.5 Å². The molecule has 2 amide bonds. The number of rotatable bonds is 11. The zero-order valence-corrected chi connectivity index (χ0v) is 22.6. The zero-order chi connectivity index (χ0) is 26.9. The van der Waals surface area contributed by atoms with Crippen molar-refractivity contribution in [1.29, 1.82) is 0 Å². The van der Waals surface area contributed by atoms with Crippen LogP contribution in [0.25, 0.3) is 0 Å². The minimum absolute atomic E-state index is 0.190.